The lowest BCUT2D eigenvalue weighted by Gasteiger charge is -2.14. The number of hydrogen-bond donors (Lipinski definition) is 2. The molecule has 0 aliphatic heterocycles. The second-order valence-electron chi connectivity index (χ2n) is 5.92. The number of alkyl halides is 3. The molecule has 0 saturated heterocycles. The molecule has 10 heteroatoms. The van der Waals surface area contributed by atoms with Gasteiger partial charge in [0.25, 0.3) is 5.91 Å². The van der Waals surface area contributed by atoms with E-state index >= 15 is 0 Å². The van der Waals surface area contributed by atoms with Gasteiger partial charge in [0, 0.05) is 23.7 Å². The van der Waals surface area contributed by atoms with Crippen LogP contribution in [0.2, 0.25) is 0 Å². The summed E-state index contributed by atoms with van der Waals surface area (Å²) in [5.41, 5.74) is 3.46. The minimum atomic E-state index is -4.70. The predicted octanol–water partition coefficient (Wildman–Crippen LogP) is 3.20. The van der Waals surface area contributed by atoms with Crippen molar-refractivity contribution in [3.05, 3.63) is 35.7 Å². The molecule has 2 N–H and O–H groups in total. The minimum absolute atomic E-state index is 0.176. The van der Waals surface area contributed by atoms with Gasteiger partial charge in [0.05, 0.1) is 6.61 Å². The zero-order valence-corrected chi connectivity index (χ0v) is 15.0. The van der Waals surface area contributed by atoms with E-state index < -0.39 is 12.1 Å². The second-order valence-corrected chi connectivity index (χ2v) is 5.92. The van der Waals surface area contributed by atoms with Gasteiger partial charge in [-0.15, -0.1) is 0 Å². The second kappa shape index (κ2) is 9.47. The Morgan fingerprint density at radius 2 is 2.00 bits per heavy atom. The maximum atomic E-state index is 12.5. The molecular formula is C17H21F3N4O3. The SMILES string of the molecule is CCCCONCC(C)NC(=O)c1ccc(-c2noc(C(F)(F)F)n2)cc1. The molecule has 1 atom stereocenters. The van der Waals surface area contributed by atoms with Crippen LogP contribution in [0.5, 0.6) is 0 Å². The molecular weight excluding hydrogens is 365 g/mol. The zero-order chi connectivity index (χ0) is 19.9. The number of carbonyl (C=O) groups is 1. The Morgan fingerprint density at radius 1 is 1.30 bits per heavy atom. The number of carbonyl (C=O) groups excluding carboxylic acids is 1. The van der Waals surface area contributed by atoms with E-state index in [9.17, 15) is 18.0 Å². The Morgan fingerprint density at radius 3 is 2.59 bits per heavy atom. The van der Waals surface area contributed by atoms with Gasteiger partial charge in [-0.25, -0.2) is 5.48 Å². The number of benzene rings is 1. The fourth-order valence-electron chi connectivity index (χ4n) is 2.06. The largest absolute Gasteiger partial charge is 0.471 e. The first kappa shape index (κ1) is 20.8. The van der Waals surface area contributed by atoms with Crippen molar-refractivity contribution in [2.75, 3.05) is 13.2 Å². The molecule has 0 aliphatic carbocycles. The molecule has 1 heterocycles. The van der Waals surface area contributed by atoms with Crippen LogP contribution in [0.3, 0.4) is 0 Å². The van der Waals surface area contributed by atoms with E-state index in [-0.39, 0.29) is 17.8 Å². The monoisotopic (exact) mass is 386 g/mol. The van der Waals surface area contributed by atoms with E-state index in [4.69, 9.17) is 4.84 Å². The molecule has 2 aromatic rings. The number of unbranched alkanes of at least 4 members (excludes halogenated alkanes) is 1. The predicted molar refractivity (Wildman–Crippen MR) is 90.5 cm³/mol. The van der Waals surface area contributed by atoms with Crippen LogP contribution >= 0.6 is 0 Å². The lowest BCUT2D eigenvalue weighted by atomic mass is 10.1. The van der Waals surface area contributed by atoms with Gasteiger partial charge in [0.2, 0.25) is 5.82 Å². The van der Waals surface area contributed by atoms with Crippen molar-refractivity contribution in [1.29, 1.82) is 0 Å². The Bertz CT molecular complexity index is 732. The number of nitrogens with one attached hydrogen (secondary N) is 2. The van der Waals surface area contributed by atoms with Crippen LogP contribution in [0.1, 0.15) is 42.9 Å². The van der Waals surface area contributed by atoms with Crippen LogP contribution < -0.4 is 10.8 Å². The minimum Gasteiger partial charge on any atom is -0.348 e. The maximum absolute atomic E-state index is 12.5. The first-order valence-corrected chi connectivity index (χ1v) is 8.48. The quantitative estimate of drug-likeness (QED) is 0.508. The van der Waals surface area contributed by atoms with E-state index in [0.29, 0.717) is 24.3 Å². The average Bonchev–Trinajstić information content (AvgIpc) is 3.12. The van der Waals surface area contributed by atoms with Crippen molar-refractivity contribution < 1.29 is 27.3 Å². The van der Waals surface area contributed by atoms with Crippen LogP contribution in [0, 0.1) is 0 Å². The zero-order valence-electron chi connectivity index (χ0n) is 15.0. The van der Waals surface area contributed by atoms with Gasteiger partial charge in [-0.05, 0) is 25.5 Å². The van der Waals surface area contributed by atoms with E-state index in [1.165, 1.54) is 24.3 Å². The van der Waals surface area contributed by atoms with Gasteiger partial charge in [-0.1, -0.05) is 30.6 Å². The molecule has 0 spiro atoms. The molecule has 7 nitrogen and oxygen atoms in total. The van der Waals surface area contributed by atoms with E-state index in [2.05, 4.69) is 32.4 Å². The summed E-state index contributed by atoms with van der Waals surface area (Å²) in [6, 6.07) is 5.69. The number of amides is 1. The summed E-state index contributed by atoms with van der Waals surface area (Å²) in [5, 5.41) is 6.09. The van der Waals surface area contributed by atoms with Gasteiger partial charge in [-0.2, -0.15) is 18.2 Å². The Kier molecular flexibility index (Phi) is 7.31. The standard InChI is InChI=1S/C17H21F3N4O3/c1-3-4-9-26-21-10-11(2)22-15(25)13-7-5-12(6-8-13)14-23-16(27-24-14)17(18,19)20/h5-8,11,21H,3-4,9-10H2,1-2H3,(H,22,25). The first-order valence-electron chi connectivity index (χ1n) is 8.48. The van der Waals surface area contributed by atoms with Crippen LogP contribution in [0.4, 0.5) is 13.2 Å². The third kappa shape index (κ3) is 6.33. The number of hydroxylamine groups is 1. The summed E-state index contributed by atoms with van der Waals surface area (Å²) in [6.45, 7) is 4.92. The van der Waals surface area contributed by atoms with Gasteiger partial charge >= 0.3 is 12.1 Å². The van der Waals surface area contributed by atoms with Crippen LogP contribution in [-0.4, -0.2) is 35.2 Å². The van der Waals surface area contributed by atoms with Crippen LogP contribution in [-0.2, 0) is 11.0 Å². The third-order valence-corrected chi connectivity index (χ3v) is 3.54. The molecule has 1 unspecified atom stereocenters. The fourth-order valence-corrected chi connectivity index (χ4v) is 2.06. The van der Waals surface area contributed by atoms with Crippen LogP contribution in [0.25, 0.3) is 11.4 Å². The van der Waals surface area contributed by atoms with Crippen molar-refractivity contribution in [3.8, 4) is 11.4 Å². The topological polar surface area (TPSA) is 89.3 Å². The Labute approximate surface area is 154 Å². The number of halogens is 3. The Hall–Kier alpha value is -2.46. The summed E-state index contributed by atoms with van der Waals surface area (Å²) in [4.78, 5) is 20.7. The highest BCUT2D eigenvalue weighted by Gasteiger charge is 2.38. The summed E-state index contributed by atoms with van der Waals surface area (Å²) >= 11 is 0. The molecule has 0 fully saturated rings. The molecule has 1 aromatic carbocycles. The van der Waals surface area contributed by atoms with Crippen molar-refractivity contribution in [1.82, 2.24) is 20.9 Å². The number of aromatic nitrogens is 2. The lowest BCUT2D eigenvalue weighted by Crippen LogP contribution is -2.40. The summed E-state index contributed by atoms with van der Waals surface area (Å²) in [6.07, 6.45) is -2.72. The van der Waals surface area contributed by atoms with Gasteiger partial charge in [-0.3, -0.25) is 4.79 Å². The molecule has 0 radical (unpaired) electrons. The Balaban J connectivity index is 1.88. The van der Waals surface area contributed by atoms with E-state index in [0.717, 1.165) is 12.8 Å². The molecule has 1 aromatic heterocycles. The highest BCUT2D eigenvalue weighted by atomic mass is 19.4. The molecule has 0 aliphatic rings. The molecule has 0 bridgehead atoms. The van der Waals surface area contributed by atoms with Gasteiger partial charge in [0.15, 0.2) is 0 Å². The van der Waals surface area contributed by atoms with Gasteiger partial charge < -0.3 is 14.7 Å². The summed E-state index contributed by atoms with van der Waals surface area (Å²) < 4.78 is 41.7. The third-order valence-electron chi connectivity index (χ3n) is 3.54. The fraction of sp³-hybridized carbons (Fsp3) is 0.471. The van der Waals surface area contributed by atoms with E-state index in [1.54, 1.807) is 0 Å². The first-order chi connectivity index (χ1) is 12.8. The molecule has 148 valence electrons. The van der Waals surface area contributed by atoms with Crippen LogP contribution in [0.15, 0.2) is 28.8 Å². The van der Waals surface area contributed by atoms with Crippen molar-refractivity contribution in [2.24, 2.45) is 0 Å². The van der Waals surface area contributed by atoms with E-state index in [1.807, 2.05) is 6.92 Å². The average molecular weight is 386 g/mol. The lowest BCUT2D eigenvalue weighted by molar-refractivity contribution is -0.159. The van der Waals surface area contributed by atoms with Crippen molar-refractivity contribution in [2.45, 2.75) is 38.9 Å². The number of rotatable bonds is 9. The molecule has 1 amide bonds. The van der Waals surface area contributed by atoms with Crippen molar-refractivity contribution >= 4 is 5.91 Å². The summed E-state index contributed by atoms with van der Waals surface area (Å²) in [7, 11) is 0. The summed E-state index contributed by atoms with van der Waals surface area (Å²) in [5.74, 6) is -1.92. The molecule has 27 heavy (non-hydrogen) atoms. The maximum Gasteiger partial charge on any atom is 0.471 e. The highest BCUT2D eigenvalue weighted by molar-refractivity contribution is 5.94. The molecule has 2 rings (SSSR count). The van der Waals surface area contributed by atoms with Gasteiger partial charge in [0.1, 0.15) is 0 Å². The normalized spacial score (nSPS) is 12.8. The number of nitrogens with zero attached hydrogens (tertiary/aromatic N) is 2. The van der Waals surface area contributed by atoms with Crippen molar-refractivity contribution in [3.63, 3.8) is 0 Å². The smallest absolute Gasteiger partial charge is 0.348 e. The molecule has 0 saturated carbocycles. The highest BCUT2D eigenvalue weighted by Crippen LogP contribution is 2.29. The number of hydrogen-bond acceptors (Lipinski definition) is 6.